The van der Waals surface area contributed by atoms with Crippen LogP contribution in [0, 0.1) is 101 Å². The summed E-state index contributed by atoms with van der Waals surface area (Å²) in [6.07, 6.45) is -5.89. The highest BCUT2D eigenvalue weighted by Gasteiger charge is 2.50. The minimum absolute atomic E-state index is 0.475. The smallest absolute Gasteiger partial charge is 0.200 e. The van der Waals surface area contributed by atoms with Gasteiger partial charge in [0.2, 0.25) is 0 Å². The van der Waals surface area contributed by atoms with Gasteiger partial charge in [0.25, 0.3) is 0 Å². The van der Waals surface area contributed by atoms with E-state index in [1.807, 2.05) is 0 Å². The van der Waals surface area contributed by atoms with Gasteiger partial charge in [0.15, 0.2) is 52.4 Å². The van der Waals surface area contributed by atoms with Gasteiger partial charge in [-0.2, -0.15) is 5.46 Å². The molecule has 0 spiro atoms. The summed E-state index contributed by atoms with van der Waals surface area (Å²) in [7, 11) is 0. The van der Waals surface area contributed by atoms with Crippen molar-refractivity contribution in [1.29, 1.82) is 0 Å². The maximum Gasteiger partial charge on any atom is 0.200 e. The lowest BCUT2D eigenvalue weighted by Crippen LogP contribution is -2.80. The Balaban J connectivity index is 2.64. The van der Waals surface area contributed by atoms with Gasteiger partial charge in [-0.15, -0.1) is 16.4 Å². The summed E-state index contributed by atoms with van der Waals surface area (Å²) < 4.78 is 224. The zero-order chi connectivity index (χ0) is 32.6. The van der Waals surface area contributed by atoms with E-state index in [9.17, 15) is 44.6 Å². The molecule has 0 saturated heterocycles. The van der Waals surface area contributed by atoms with Gasteiger partial charge in [-0.05, 0) is 26.0 Å². The molecule has 0 radical (unpaired) electrons. The number of phenols is 1. The summed E-state index contributed by atoms with van der Waals surface area (Å²) in [5.41, 5.74) is -11.4. The van der Waals surface area contributed by atoms with Crippen LogP contribution >= 0.6 is 0 Å². The van der Waals surface area contributed by atoms with Gasteiger partial charge in [-0.3, -0.25) is 0 Å². The Morgan fingerprint density at radius 1 is 0.349 bits per heavy atom. The van der Waals surface area contributed by atoms with Crippen LogP contribution in [0.4, 0.5) is 65.9 Å². The fourth-order valence-electron chi connectivity index (χ4n) is 5.51. The van der Waals surface area contributed by atoms with E-state index < -0.39 is 132 Å². The summed E-state index contributed by atoms with van der Waals surface area (Å²) in [4.78, 5) is 0. The molecule has 0 heterocycles. The van der Waals surface area contributed by atoms with Crippen molar-refractivity contribution in [2.45, 2.75) is 13.8 Å². The van der Waals surface area contributed by atoms with Gasteiger partial charge in [0.1, 0.15) is 46.8 Å². The van der Waals surface area contributed by atoms with E-state index in [-0.39, 0.29) is 0 Å². The fourth-order valence-corrected chi connectivity index (χ4v) is 5.51. The zero-order valence-electron chi connectivity index (χ0n) is 20.8. The summed E-state index contributed by atoms with van der Waals surface area (Å²) in [5, 5.41) is 9.95. The molecule has 4 rings (SSSR count). The van der Waals surface area contributed by atoms with Crippen molar-refractivity contribution in [3.8, 4) is 5.75 Å². The molecule has 0 atom stereocenters. The van der Waals surface area contributed by atoms with E-state index in [0.29, 0.717) is 26.0 Å². The van der Waals surface area contributed by atoms with Gasteiger partial charge in [0.05, 0.1) is 0 Å². The van der Waals surface area contributed by atoms with Crippen molar-refractivity contribution in [2.75, 3.05) is 0 Å². The minimum atomic E-state index is -5.89. The quantitative estimate of drug-likeness (QED) is 0.137. The van der Waals surface area contributed by atoms with Crippen molar-refractivity contribution in [3.05, 3.63) is 111 Å². The third-order valence-electron chi connectivity index (χ3n) is 7.04. The molecule has 43 heavy (non-hydrogen) atoms. The van der Waals surface area contributed by atoms with Crippen LogP contribution < -0.4 is 21.9 Å². The normalized spacial score (nSPS) is 11.9. The Bertz CT molecular complexity index is 1590. The molecular formula is C26H9BF15O-. The predicted octanol–water partition coefficient (Wildman–Crippen LogP) is 5.47. The number of benzene rings is 4. The number of hydrogen-bond acceptors (Lipinski definition) is 1. The van der Waals surface area contributed by atoms with Crippen LogP contribution in [0.5, 0.6) is 5.75 Å². The summed E-state index contributed by atoms with van der Waals surface area (Å²) in [6, 6.07) is 0.950. The van der Waals surface area contributed by atoms with E-state index in [1.54, 1.807) is 0 Å². The third-order valence-corrected chi connectivity index (χ3v) is 7.04. The molecule has 17 heteroatoms. The number of aromatic hydroxyl groups is 1. The number of aryl methyl sites for hydroxylation is 2. The highest BCUT2D eigenvalue weighted by molar-refractivity contribution is 7.20. The van der Waals surface area contributed by atoms with Crippen LogP contribution in [0.3, 0.4) is 0 Å². The Labute approximate surface area is 229 Å². The molecule has 228 valence electrons. The second kappa shape index (κ2) is 10.4. The molecule has 0 bridgehead atoms. The lowest BCUT2D eigenvalue weighted by Gasteiger charge is -2.46. The van der Waals surface area contributed by atoms with E-state index in [4.69, 9.17) is 0 Å². The minimum Gasteiger partial charge on any atom is -0.508 e. The van der Waals surface area contributed by atoms with Crippen LogP contribution in [0.25, 0.3) is 0 Å². The first-order valence-electron chi connectivity index (χ1n) is 11.4. The Hall–Kier alpha value is -4.31. The van der Waals surface area contributed by atoms with Crippen LogP contribution in [-0.2, 0) is 0 Å². The largest absolute Gasteiger partial charge is 0.508 e. The first kappa shape index (κ1) is 31.6. The van der Waals surface area contributed by atoms with Gasteiger partial charge < -0.3 is 5.11 Å². The van der Waals surface area contributed by atoms with Gasteiger partial charge in [-0.25, -0.2) is 65.9 Å². The standard InChI is InChI=1S/C26H9BF15O/c1-5-3-7(43)4-6(2)8(5)27(9-12(28)18(34)24(40)19(35)13(9)29,10-14(30)20(36)25(41)21(37)15(10)31)11-16(32)22(38)26(42)23(39)17(11)33/h3-4,43H,1-2H3/q-1. The third kappa shape index (κ3) is 4.14. The molecule has 0 aliphatic rings. The number of phenolic OH excluding ortho intramolecular Hbond substituents is 1. The molecule has 0 amide bonds. The highest BCUT2D eigenvalue weighted by atomic mass is 19.2. The second-order valence-electron chi connectivity index (χ2n) is 9.31. The topological polar surface area (TPSA) is 20.2 Å². The molecule has 0 saturated carbocycles. The molecule has 0 unspecified atom stereocenters. The molecule has 0 aliphatic carbocycles. The lowest BCUT2D eigenvalue weighted by atomic mass is 9.11. The van der Waals surface area contributed by atoms with E-state index in [2.05, 4.69) is 0 Å². The van der Waals surface area contributed by atoms with Crippen LogP contribution in [-0.4, -0.2) is 11.3 Å². The Morgan fingerprint density at radius 2 is 0.535 bits per heavy atom. The lowest BCUT2D eigenvalue weighted by molar-refractivity contribution is 0.380. The van der Waals surface area contributed by atoms with Gasteiger partial charge in [0, 0.05) is 0 Å². The Kier molecular flexibility index (Phi) is 7.69. The zero-order valence-corrected chi connectivity index (χ0v) is 20.8. The summed E-state index contributed by atoms with van der Waals surface area (Å²) >= 11 is 0. The first-order chi connectivity index (χ1) is 19.8. The molecule has 0 fully saturated rings. The van der Waals surface area contributed by atoms with E-state index in [0.717, 1.165) is 0 Å². The van der Waals surface area contributed by atoms with Crippen molar-refractivity contribution < 1.29 is 71.0 Å². The maximum absolute atomic E-state index is 15.6. The van der Waals surface area contributed by atoms with Crippen LogP contribution in [0.15, 0.2) is 12.1 Å². The summed E-state index contributed by atoms with van der Waals surface area (Å²) in [5.74, 6) is -47.0. The molecule has 1 nitrogen and oxygen atoms in total. The fraction of sp³-hybridized carbons (Fsp3) is 0.0769. The average Bonchev–Trinajstić information content (AvgIpc) is 2.94. The number of rotatable bonds is 4. The van der Waals surface area contributed by atoms with Crippen molar-refractivity contribution in [3.63, 3.8) is 0 Å². The molecule has 0 aromatic heterocycles. The predicted molar refractivity (Wildman–Crippen MR) is 121 cm³/mol. The molecule has 0 aliphatic heterocycles. The average molecular weight is 633 g/mol. The van der Waals surface area contributed by atoms with Crippen molar-refractivity contribution in [2.24, 2.45) is 0 Å². The van der Waals surface area contributed by atoms with Crippen LogP contribution in [0.2, 0.25) is 0 Å². The van der Waals surface area contributed by atoms with Crippen molar-refractivity contribution in [1.82, 2.24) is 0 Å². The SMILES string of the molecule is Cc1cc(O)cc(C)c1[B-](c1c(F)c(F)c(F)c(F)c1F)(c1c(F)c(F)c(F)c(F)c1F)c1c(F)c(F)c(F)c(F)c1F. The molecule has 4 aromatic carbocycles. The van der Waals surface area contributed by atoms with Gasteiger partial charge >= 0.3 is 0 Å². The monoisotopic (exact) mass is 633 g/mol. The van der Waals surface area contributed by atoms with E-state index >= 15 is 26.3 Å². The molecule has 1 N–H and O–H groups in total. The van der Waals surface area contributed by atoms with Crippen LogP contribution in [0.1, 0.15) is 11.1 Å². The maximum atomic E-state index is 15.6. The molecule has 4 aromatic rings. The number of hydrogen-bond donors (Lipinski definition) is 1. The van der Waals surface area contributed by atoms with Crippen molar-refractivity contribution >= 4 is 28.0 Å². The highest BCUT2D eigenvalue weighted by Crippen LogP contribution is 2.30. The first-order valence-corrected chi connectivity index (χ1v) is 11.4. The summed E-state index contributed by atoms with van der Waals surface area (Å²) in [6.45, 7) is 1.39. The van der Waals surface area contributed by atoms with E-state index in [1.165, 1.54) is 0 Å². The Morgan fingerprint density at radius 3 is 0.744 bits per heavy atom. The van der Waals surface area contributed by atoms with Gasteiger partial charge in [-0.1, -0.05) is 11.1 Å². The second-order valence-corrected chi connectivity index (χ2v) is 9.31. The molecular weight excluding hydrogens is 624 g/mol. The number of halogens is 15.